The van der Waals surface area contributed by atoms with Gasteiger partial charge in [0.2, 0.25) is 5.91 Å². The molecule has 0 aliphatic heterocycles. The van der Waals surface area contributed by atoms with Crippen LogP contribution in [0.4, 0.5) is 0 Å². The average Bonchev–Trinajstić information content (AvgIpc) is 3.38. The van der Waals surface area contributed by atoms with Crippen molar-refractivity contribution in [3.8, 4) is 0 Å². The van der Waals surface area contributed by atoms with Crippen molar-refractivity contribution in [1.82, 2.24) is 9.88 Å². The summed E-state index contributed by atoms with van der Waals surface area (Å²) < 4.78 is 2.28. The second-order valence-corrected chi connectivity index (χ2v) is 7.40. The summed E-state index contributed by atoms with van der Waals surface area (Å²) in [6, 6.07) is 17.5. The lowest BCUT2D eigenvalue weighted by atomic mass is 9.87. The molecule has 0 bridgehead atoms. The van der Waals surface area contributed by atoms with Crippen molar-refractivity contribution in [3.63, 3.8) is 0 Å². The van der Waals surface area contributed by atoms with Crippen molar-refractivity contribution >= 4 is 16.8 Å². The Bertz CT molecular complexity index is 919. The fraction of sp³-hybridized carbons (Fsp3) is 0.348. The standard InChI is InChI=1S/C23H26N2O/c1-3-25-15-21(19-6-4-5-7-22(19)25)20(14-23(26)24-18-12-13-18)17-10-8-16(2)9-11-17/h4-11,15,18,20H,3,12-14H2,1-2H3,(H,24,26). The van der Waals surface area contributed by atoms with Crippen LogP contribution in [0, 0.1) is 6.92 Å². The molecule has 0 spiro atoms. The number of amides is 1. The van der Waals surface area contributed by atoms with Gasteiger partial charge in [-0.15, -0.1) is 0 Å². The van der Waals surface area contributed by atoms with E-state index in [2.05, 4.69) is 78.5 Å². The highest BCUT2D eigenvalue weighted by molar-refractivity contribution is 5.86. The highest BCUT2D eigenvalue weighted by Gasteiger charge is 2.27. The quantitative estimate of drug-likeness (QED) is 0.685. The van der Waals surface area contributed by atoms with Gasteiger partial charge >= 0.3 is 0 Å². The molecule has 0 radical (unpaired) electrons. The minimum absolute atomic E-state index is 0.0760. The second-order valence-electron chi connectivity index (χ2n) is 7.40. The molecule has 1 saturated carbocycles. The lowest BCUT2D eigenvalue weighted by Gasteiger charge is -2.17. The van der Waals surface area contributed by atoms with E-state index in [4.69, 9.17) is 0 Å². The van der Waals surface area contributed by atoms with E-state index in [1.165, 1.54) is 27.6 Å². The van der Waals surface area contributed by atoms with Crippen molar-refractivity contribution in [2.24, 2.45) is 0 Å². The predicted molar refractivity (Wildman–Crippen MR) is 106 cm³/mol. The summed E-state index contributed by atoms with van der Waals surface area (Å²) in [7, 11) is 0. The molecule has 1 unspecified atom stereocenters. The van der Waals surface area contributed by atoms with Crippen molar-refractivity contribution < 1.29 is 4.79 Å². The van der Waals surface area contributed by atoms with E-state index in [0.29, 0.717) is 12.5 Å². The van der Waals surface area contributed by atoms with Gasteiger partial charge in [-0.3, -0.25) is 4.79 Å². The Morgan fingerprint density at radius 1 is 1.15 bits per heavy atom. The Kier molecular flexibility index (Phi) is 4.54. The van der Waals surface area contributed by atoms with E-state index in [9.17, 15) is 4.79 Å². The number of hydrogen-bond acceptors (Lipinski definition) is 1. The monoisotopic (exact) mass is 346 g/mol. The van der Waals surface area contributed by atoms with Crippen molar-refractivity contribution in [2.45, 2.75) is 51.6 Å². The highest BCUT2D eigenvalue weighted by Crippen LogP contribution is 2.35. The van der Waals surface area contributed by atoms with Gasteiger partial charge in [-0.25, -0.2) is 0 Å². The number of aryl methyl sites for hydroxylation is 2. The van der Waals surface area contributed by atoms with Gasteiger partial charge in [0.25, 0.3) is 0 Å². The second kappa shape index (κ2) is 6.99. The molecule has 1 fully saturated rings. The number of carbonyl (C=O) groups is 1. The number of fused-ring (bicyclic) bond motifs is 1. The number of rotatable bonds is 6. The van der Waals surface area contributed by atoms with Crippen LogP contribution in [0.1, 0.15) is 48.8 Å². The van der Waals surface area contributed by atoms with E-state index >= 15 is 0 Å². The van der Waals surface area contributed by atoms with Crippen molar-refractivity contribution in [1.29, 1.82) is 0 Å². The van der Waals surface area contributed by atoms with E-state index in [-0.39, 0.29) is 11.8 Å². The molecule has 1 atom stereocenters. The van der Waals surface area contributed by atoms with E-state index in [1.807, 2.05) is 0 Å². The normalized spacial score (nSPS) is 15.2. The van der Waals surface area contributed by atoms with Gasteiger partial charge in [0.1, 0.15) is 0 Å². The molecule has 1 aliphatic rings. The molecule has 1 heterocycles. The lowest BCUT2D eigenvalue weighted by Crippen LogP contribution is -2.27. The van der Waals surface area contributed by atoms with Crippen LogP contribution in [0.3, 0.4) is 0 Å². The third kappa shape index (κ3) is 3.39. The van der Waals surface area contributed by atoms with Crippen LogP contribution in [0.25, 0.3) is 10.9 Å². The van der Waals surface area contributed by atoms with Crippen LogP contribution in [0.15, 0.2) is 54.7 Å². The maximum atomic E-state index is 12.6. The molecular weight excluding hydrogens is 320 g/mol. The largest absolute Gasteiger partial charge is 0.353 e. The topological polar surface area (TPSA) is 34.0 Å². The van der Waals surface area contributed by atoms with Gasteiger partial charge in [-0.2, -0.15) is 0 Å². The minimum Gasteiger partial charge on any atom is -0.353 e. The number of hydrogen-bond donors (Lipinski definition) is 1. The van der Waals surface area contributed by atoms with Gasteiger partial charge in [0, 0.05) is 42.0 Å². The molecule has 1 aliphatic carbocycles. The maximum absolute atomic E-state index is 12.6. The fourth-order valence-corrected chi connectivity index (χ4v) is 3.72. The molecule has 3 aromatic rings. The Balaban J connectivity index is 1.76. The van der Waals surface area contributed by atoms with E-state index in [1.54, 1.807) is 0 Å². The average molecular weight is 346 g/mol. The summed E-state index contributed by atoms with van der Waals surface area (Å²) >= 11 is 0. The molecule has 4 rings (SSSR count). The zero-order valence-corrected chi connectivity index (χ0v) is 15.5. The van der Waals surface area contributed by atoms with Crippen LogP contribution in [-0.2, 0) is 11.3 Å². The minimum atomic E-state index is 0.0760. The fourth-order valence-electron chi connectivity index (χ4n) is 3.72. The molecule has 0 saturated heterocycles. The van der Waals surface area contributed by atoms with Crippen LogP contribution in [0.5, 0.6) is 0 Å². The summed E-state index contributed by atoms with van der Waals surface area (Å²) in [5.74, 6) is 0.235. The first-order valence-corrected chi connectivity index (χ1v) is 9.59. The van der Waals surface area contributed by atoms with E-state index in [0.717, 1.165) is 19.4 Å². The van der Waals surface area contributed by atoms with Crippen molar-refractivity contribution in [3.05, 3.63) is 71.4 Å². The van der Waals surface area contributed by atoms with Gasteiger partial charge in [0.15, 0.2) is 0 Å². The van der Waals surface area contributed by atoms with E-state index < -0.39 is 0 Å². The number of para-hydroxylation sites is 1. The first kappa shape index (κ1) is 16.9. The lowest BCUT2D eigenvalue weighted by molar-refractivity contribution is -0.121. The summed E-state index contributed by atoms with van der Waals surface area (Å²) in [6.45, 7) is 5.19. The zero-order chi connectivity index (χ0) is 18.1. The Hall–Kier alpha value is -2.55. The zero-order valence-electron chi connectivity index (χ0n) is 15.5. The molecule has 134 valence electrons. The molecule has 2 aromatic carbocycles. The molecule has 1 aromatic heterocycles. The highest BCUT2D eigenvalue weighted by atomic mass is 16.1. The summed E-state index contributed by atoms with van der Waals surface area (Å²) in [4.78, 5) is 12.6. The number of nitrogens with zero attached hydrogens (tertiary/aromatic N) is 1. The summed E-state index contributed by atoms with van der Waals surface area (Å²) in [5, 5.41) is 4.41. The van der Waals surface area contributed by atoms with Crippen molar-refractivity contribution in [2.75, 3.05) is 0 Å². The van der Waals surface area contributed by atoms with Gasteiger partial charge in [0.05, 0.1) is 0 Å². The molecular formula is C23H26N2O. The third-order valence-corrected chi connectivity index (χ3v) is 5.35. The van der Waals surface area contributed by atoms with Crippen LogP contribution in [0.2, 0.25) is 0 Å². The molecule has 1 amide bonds. The number of carbonyl (C=O) groups excluding carboxylic acids is 1. The number of nitrogens with one attached hydrogen (secondary N) is 1. The number of aromatic nitrogens is 1. The third-order valence-electron chi connectivity index (χ3n) is 5.35. The first-order chi connectivity index (χ1) is 12.7. The van der Waals surface area contributed by atoms with Gasteiger partial charge in [-0.05, 0) is 43.9 Å². The smallest absolute Gasteiger partial charge is 0.221 e. The summed E-state index contributed by atoms with van der Waals surface area (Å²) in [6.07, 6.45) is 4.98. The van der Waals surface area contributed by atoms with Gasteiger partial charge in [-0.1, -0.05) is 48.0 Å². The molecule has 3 heteroatoms. The van der Waals surface area contributed by atoms with Crippen LogP contribution in [-0.4, -0.2) is 16.5 Å². The Morgan fingerprint density at radius 2 is 1.88 bits per heavy atom. The molecule has 1 N–H and O–H groups in total. The predicted octanol–water partition coefficient (Wildman–Crippen LogP) is 4.77. The summed E-state index contributed by atoms with van der Waals surface area (Å²) in [5.41, 5.74) is 4.94. The molecule has 3 nitrogen and oxygen atoms in total. The Morgan fingerprint density at radius 3 is 2.58 bits per heavy atom. The van der Waals surface area contributed by atoms with Gasteiger partial charge < -0.3 is 9.88 Å². The first-order valence-electron chi connectivity index (χ1n) is 9.59. The Labute approximate surface area is 155 Å². The maximum Gasteiger partial charge on any atom is 0.221 e. The van der Waals surface area contributed by atoms with Crippen LogP contribution < -0.4 is 5.32 Å². The van der Waals surface area contributed by atoms with Crippen LogP contribution >= 0.6 is 0 Å². The number of benzene rings is 2. The molecule has 26 heavy (non-hydrogen) atoms. The SMILES string of the molecule is CCn1cc(C(CC(=O)NC2CC2)c2ccc(C)cc2)c2ccccc21.